The molecule has 0 bridgehead atoms. The third kappa shape index (κ3) is 5.40. The maximum absolute atomic E-state index is 12.2. The first-order valence-corrected chi connectivity index (χ1v) is 5.92. The zero-order valence-electron chi connectivity index (χ0n) is 10.6. The van der Waals surface area contributed by atoms with E-state index in [1.807, 2.05) is 14.0 Å². The molecule has 1 aromatic carbocycles. The van der Waals surface area contributed by atoms with Gasteiger partial charge in [-0.05, 0) is 51.4 Å². The predicted molar refractivity (Wildman–Crippen MR) is 64.7 cm³/mol. The van der Waals surface area contributed by atoms with Crippen molar-refractivity contribution in [3.05, 3.63) is 29.3 Å². The molecule has 0 fully saturated rings. The Morgan fingerprint density at radius 2 is 1.94 bits per heavy atom. The molecule has 0 saturated carbocycles. The maximum atomic E-state index is 12.2. The second-order valence-corrected chi connectivity index (χ2v) is 4.22. The van der Waals surface area contributed by atoms with E-state index in [1.165, 1.54) is 6.07 Å². The number of ether oxygens (including phenoxy) is 1. The van der Waals surface area contributed by atoms with Crippen LogP contribution in [0.3, 0.4) is 0 Å². The van der Waals surface area contributed by atoms with Crippen molar-refractivity contribution in [1.29, 1.82) is 0 Å². The molecular formula is C13H18F3NO. The Kier molecular flexibility index (Phi) is 5.47. The number of hydrogen-bond acceptors (Lipinski definition) is 2. The van der Waals surface area contributed by atoms with Crippen LogP contribution in [-0.2, 0) is 6.42 Å². The zero-order valence-corrected chi connectivity index (χ0v) is 10.6. The largest absolute Gasteiger partial charge is 0.573 e. The van der Waals surface area contributed by atoms with E-state index in [1.54, 1.807) is 12.1 Å². The normalized spacial score (nSPS) is 11.6. The van der Waals surface area contributed by atoms with E-state index < -0.39 is 6.36 Å². The van der Waals surface area contributed by atoms with E-state index in [0.29, 0.717) is 12.0 Å². The van der Waals surface area contributed by atoms with Gasteiger partial charge in [-0.1, -0.05) is 17.7 Å². The fraction of sp³-hybridized carbons (Fsp3) is 0.538. The predicted octanol–water partition coefficient (Wildman–Crippen LogP) is 3.44. The lowest BCUT2D eigenvalue weighted by molar-refractivity contribution is -0.274. The summed E-state index contributed by atoms with van der Waals surface area (Å²) >= 11 is 0. The van der Waals surface area contributed by atoms with Crippen molar-refractivity contribution in [2.24, 2.45) is 0 Å². The van der Waals surface area contributed by atoms with Gasteiger partial charge in [0, 0.05) is 0 Å². The van der Waals surface area contributed by atoms with Gasteiger partial charge in [0.05, 0.1) is 0 Å². The fourth-order valence-electron chi connectivity index (χ4n) is 1.75. The minimum absolute atomic E-state index is 0.0856. The number of benzene rings is 1. The van der Waals surface area contributed by atoms with Crippen LogP contribution in [0.1, 0.15) is 24.0 Å². The van der Waals surface area contributed by atoms with Crippen LogP contribution in [0.15, 0.2) is 18.2 Å². The quantitative estimate of drug-likeness (QED) is 0.792. The lowest BCUT2D eigenvalue weighted by Crippen LogP contribution is -2.18. The summed E-state index contributed by atoms with van der Waals surface area (Å²) in [6.07, 6.45) is -2.28. The van der Waals surface area contributed by atoms with Crippen molar-refractivity contribution in [1.82, 2.24) is 5.32 Å². The van der Waals surface area contributed by atoms with Crippen LogP contribution in [0.2, 0.25) is 0 Å². The van der Waals surface area contributed by atoms with E-state index in [0.717, 1.165) is 24.9 Å². The summed E-state index contributed by atoms with van der Waals surface area (Å²) in [4.78, 5) is 0. The highest BCUT2D eigenvalue weighted by Gasteiger charge is 2.31. The van der Waals surface area contributed by atoms with Gasteiger partial charge in [0.2, 0.25) is 0 Å². The number of alkyl halides is 3. The van der Waals surface area contributed by atoms with Gasteiger partial charge in [-0.15, -0.1) is 13.2 Å². The van der Waals surface area contributed by atoms with Gasteiger partial charge in [-0.25, -0.2) is 0 Å². The van der Waals surface area contributed by atoms with Gasteiger partial charge in [0.25, 0.3) is 0 Å². The molecule has 0 unspecified atom stereocenters. The van der Waals surface area contributed by atoms with E-state index in [4.69, 9.17) is 0 Å². The number of hydrogen-bond donors (Lipinski definition) is 1. The first-order chi connectivity index (χ1) is 8.42. The van der Waals surface area contributed by atoms with Crippen LogP contribution in [0, 0.1) is 6.92 Å². The molecule has 0 heterocycles. The Hall–Kier alpha value is -1.23. The molecule has 0 atom stereocenters. The van der Waals surface area contributed by atoms with Crippen molar-refractivity contribution in [3.8, 4) is 5.75 Å². The van der Waals surface area contributed by atoms with E-state index in [2.05, 4.69) is 10.1 Å². The molecule has 102 valence electrons. The Morgan fingerprint density at radius 3 is 2.56 bits per heavy atom. The van der Waals surface area contributed by atoms with Gasteiger partial charge in [0.1, 0.15) is 5.75 Å². The number of halogens is 3. The first kappa shape index (κ1) is 14.8. The lowest BCUT2D eigenvalue weighted by atomic mass is 10.0. The molecule has 0 amide bonds. The number of nitrogens with one attached hydrogen (secondary N) is 1. The molecule has 0 aliphatic heterocycles. The van der Waals surface area contributed by atoms with Crippen LogP contribution in [0.25, 0.3) is 0 Å². The second-order valence-electron chi connectivity index (χ2n) is 4.22. The molecule has 1 aromatic rings. The first-order valence-electron chi connectivity index (χ1n) is 5.92. The summed E-state index contributed by atoms with van der Waals surface area (Å²) in [6, 6.07) is 4.76. The summed E-state index contributed by atoms with van der Waals surface area (Å²) in [7, 11) is 1.85. The van der Waals surface area contributed by atoms with Crippen molar-refractivity contribution < 1.29 is 17.9 Å². The molecule has 5 heteroatoms. The van der Waals surface area contributed by atoms with Gasteiger partial charge in [0.15, 0.2) is 0 Å². The second kappa shape index (κ2) is 6.64. The number of rotatable bonds is 6. The Morgan fingerprint density at radius 1 is 1.22 bits per heavy atom. The minimum Gasteiger partial charge on any atom is -0.406 e. The number of unbranched alkanes of at least 4 members (excludes halogenated alkanes) is 1. The summed E-state index contributed by atoms with van der Waals surface area (Å²) in [5.74, 6) is -0.0856. The average molecular weight is 261 g/mol. The summed E-state index contributed by atoms with van der Waals surface area (Å²) < 4.78 is 40.7. The third-order valence-corrected chi connectivity index (χ3v) is 2.56. The minimum atomic E-state index is -4.63. The van der Waals surface area contributed by atoms with E-state index >= 15 is 0 Å². The number of aryl methyl sites for hydroxylation is 2. The highest BCUT2D eigenvalue weighted by molar-refractivity contribution is 5.37. The van der Waals surface area contributed by atoms with Crippen LogP contribution in [0.4, 0.5) is 13.2 Å². The summed E-state index contributed by atoms with van der Waals surface area (Å²) in [5.41, 5.74) is 1.55. The molecule has 0 radical (unpaired) electrons. The molecule has 0 aliphatic rings. The van der Waals surface area contributed by atoms with E-state index in [-0.39, 0.29) is 5.75 Å². The highest BCUT2D eigenvalue weighted by atomic mass is 19.4. The standard InChI is InChI=1S/C13H18F3NO/c1-10-6-7-12(18-13(14,15)16)11(9-10)5-3-4-8-17-2/h6-7,9,17H,3-5,8H2,1-2H3. The lowest BCUT2D eigenvalue weighted by Gasteiger charge is -2.14. The van der Waals surface area contributed by atoms with Gasteiger partial charge < -0.3 is 10.1 Å². The fourth-order valence-corrected chi connectivity index (χ4v) is 1.75. The van der Waals surface area contributed by atoms with Crippen LogP contribution in [-0.4, -0.2) is 20.0 Å². The van der Waals surface area contributed by atoms with Crippen LogP contribution >= 0.6 is 0 Å². The zero-order chi connectivity index (χ0) is 13.6. The van der Waals surface area contributed by atoms with E-state index in [9.17, 15) is 13.2 Å². The summed E-state index contributed by atoms with van der Waals surface area (Å²) in [5, 5.41) is 3.01. The van der Waals surface area contributed by atoms with Crippen molar-refractivity contribution >= 4 is 0 Å². The maximum Gasteiger partial charge on any atom is 0.573 e. The molecule has 2 nitrogen and oxygen atoms in total. The summed E-state index contributed by atoms with van der Waals surface area (Å²) in [6.45, 7) is 2.72. The molecule has 0 aliphatic carbocycles. The molecule has 18 heavy (non-hydrogen) atoms. The van der Waals surface area contributed by atoms with Crippen LogP contribution < -0.4 is 10.1 Å². The van der Waals surface area contributed by atoms with Crippen molar-refractivity contribution in [2.75, 3.05) is 13.6 Å². The smallest absolute Gasteiger partial charge is 0.406 e. The monoisotopic (exact) mass is 261 g/mol. The average Bonchev–Trinajstić information content (AvgIpc) is 2.26. The molecular weight excluding hydrogens is 243 g/mol. The Balaban J connectivity index is 2.71. The molecule has 1 rings (SSSR count). The highest BCUT2D eigenvalue weighted by Crippen LogP contribution is 2.28. The SMILES string of the molecule is CNCCCCc1cc(C)ccc1OC(F)(F)F. The molecule has 0 aromatic heterocycles. The molecule has 0 spiro atoms. The van der Waals surface area contributed by atoms with Gasteiger partial charge >= 0.3 is 6.36 Å². The molecule has 1 N–H and O–H groups in total. The third-order valence-electron chi connectivity index (χ3n) is 2.56. The Bertz CT molecular complexity index is 377. The Labute approximate surface area is 105 Å². The van der Waals surface area contributed by atoms with Crippen LogP contribution in [0.5, 0.6) is 5.75 Å². The van der Waals surface area contributed by atoms with Crippen molar-refractivity contribution in [2.45, 2.75) is 32.5 Å². The topological polar surface area (TPSA) is 21.3 Å². The van der Waals surface area contributed by atoms with Gasteiger partial charge in [-0.2, -0.15) is 0 Å². The van der Waals surface area contributed by atoms with Crippen molar-refractivity contribution in [3.63, 3.8) is 0 Å². The van der Waals surface area contributed by atoms with Gasteiger partial charge in [-0.3, -0.25) is 0 Å². The molecule has 0 saturated heterocycles.